The minimum atomic E-state index is -0.0865. The first-order valence-electron chi connectivity index (χ1n) is 10.8. The number of carbonyl (C=O) groups excluding carboxylic acids is 1. The van der Waals surface area contributed by atoms with Crippen molar-refractivity contribution in [2.75, 3.05) is 11.9 Å². The molecule has 31 heavy (non-hydrogen) atoms. The van der Waals surface area contributed by atoms with Gasteiger partial charge in [-0.3, -0.25) is 4.79 Å². The molecule has 1 unspecified atom stereocenters. The summed E-state index contributed by atoms with van der Waals surface area (Å²) >= 11 is 1.41. The Morgan fingerprint density at radius 2 is 1.81 bits per heavy atom. The quantitative estimate of drug-likeness (QED) is 0.571. The monoisotopic (exact) mass is 433 g/mol. The van der Waals surface area contributed by atoms with E-state index in [4.69, 9.17) is 0 Å². The zero-order chi connectivity index (χ0) is 22.5. The Labute approximate surface area is 189 Å². The van der Waals surface area contributed by atoms with Crippen LogP contribution in [-0.4, -0.2) is 23.7 Å². The Balaban J connectivity index is 1.66. The number of anilines is 1. The summed E-state index contributed by atoms with van der Waals surface area (Å²) in [5.74, 6) is 0.391. The van der Waals surface area contributed by atoms with Crippen LogP contribution in [0.3, 0.4) is 0 Å². The van der Waals surface area contributed by atoms with Crippen LogP contribution in [0.1, 0.15) is 60.9 Å². The standard InChI is InChI=1S/C26H31N3OS/c1-15-8-16(2)10-20(9-15)27-25-28-24(30)23(31-25)13-19-12-21-18(4)14-26(5,6)29(7)22(21)11-17(19)3/h8-13,18H,14H2,1-7H3,(H,27,28,30)/b23-13+. The highest BCUT2D eigenvalue weighted by Crippen LogP contribution is 2.44. The van der Waals surface area contributed by atoms with Gasteiger partial charge in [0.15, 0.2) is 5.17 Å². The van der Waals surface area contributed by atoms with Gasteiger partial charge in [0.05, 0.1) is 10.6 Å². The van der Waals surface area contributed by atoms with E-state index in [-0.39, 0.29) is 11.4 Å². The number of nitrogens with one attached hydrogen (secondary N) is 1. The first-order chi connectivity index (χ1) is 14.5. The molecule has 2 aromatic carbocycles. The number of amidine groups is 1. The van der Waals surface area contributed by atoms with Gasteiger partial charge in [0.1, 0.15) is 0 Å². The van der Waals surface area contributed by atoms with Crippen molar-refractivity contribution in [1.29, 1.82) is 0 Å². The third-order valence-corrected chi connectivity index (χ3v) is 7.31. The van der Waals surface area contributed by atoms with Crippen molar-refractivity contribution in [2.45, 2.75) is 59.4 Å². The Morgan fingerprint density at radius 3 is 2.48 bits per heavy atom. The van der Waals surface area contributed by atoms with Crippen molar-refractivity contribution in [3.63, 3.8) is 0 Å². The normalized spacial score (nSPS) is 22.7. The molecule has 0 bridgehead atoms. The summed E-state index contributed by atoms with van der Waals surface area (Å²) < 4.78 is 0. The minimum absolute atomic E-state index is 0.0865. The number of benzene rings is 2. The van der Waals surface area contributed by atoms with Crippen LogP contribution in [-0.2, 0) is 4.79 Å². The van der Waals surface area contributed by atoms with E-state index in [0.717, 1.165) is 28.8 Å². The van der Waals surface area contributed by atoms with Gasteiger partial charge >= 0.3 is 0 Å². The lowest BCUT2D eigenvalue weighted by Crippen LogP contribution is -2.45. The Hall–Kier alpha value is -2.53. The van der Waals surface area contributed by atoms with Crippen LogP contribution >= 0.6 is 11.8 Å². The Kier molecular flexibility index (Phi) is 5.50. The van der Waals surface area contributed by atoms with Crippen LogP contribution < -0.4 is 10.2 Å². The van der Waals surface area contributed by atoms with Gasteiger partial charge in [0, 0.05) is 18.3 Å². The van der Waals surface area contributed by atoms with Crippen LogP contribution in [0.25, 0.3) is 6.08 Å². The molecule has 0 radical (unpaired) electrons. The summed E-state index contributed by atoms with van der Waals surface area (Å²) in [6.07, 6.45) is 3.11. The third-order valence-electron chi connectivity index (χ3n) is 6.40. The summed E-state index contributed by atoms with van der Waals surface area (Å²) in [6.45, 7) is 13.1. The molecule has 0 saturated carbocycles. The zero-order valence-electron chi connectivity index (χ0n) is 19.5. The van der Waals surface area contributed by atoms with Gasteiger partial charge < -0.3 is 10.2 Å². The number of amides is 1. The van der Waals surface area contributed by atoms with Crippen molar-refractivity contribution in [3.8, 4) is 0 Å². The zero-order valence-corrected chi connectivity index (χ0v) is 20.3. The first kappa shape index (κ1) is 21.7. The van der Waals surface area contributed by atoms with Crippen molar-refractivity contribution < 1.29 is 4.79 Å². The molecule has 1 N–H and O–H groups in total. The second-order valence-electron chi connectivity index (χ2n) is 9.57. The third kappa shape index (κ3) is 4.29. The summed E-state index contributed by atoms with van der Waals surface area (Å²) in [7, 11) is 2.18. The Bertz CT molecular complexity index is 1110. The number of hydrogen-bond donors (Lipinski definition) is 1. The molecule has 2 aliphatic heterocycles. The molecule has 1 fully saturated rings. The predicted octanol–water partition coefficient (Wildman–Crippen LogP) is 6.23. The molecule has 1 saturated heterocycles. The lowest BCUT2D eigenvalue weighted by Gasteiger charge is -2.45. The first-order valence-corrected chi connectivity index (χ1v) is 11.6. The van der Waals surface area contributed by atoms with E-state index in [2.05, 4.69) is 82.0 Å². The predicted molar refractivity (Wildman–Crippen MR) is 133 cm³/mol. The van der Waals surface area contributed by atoms with Crippen LogP contribution in [0.5, 0.6) is 0 Å². The number of hydrogen-bond acceptors (Lipinski definition) is 4. The van der Waals surface area contributed by atoms with Crippen molar-refractivity contribution >= 4 is 40.3 Å². The van der Waals surface area contributed by atoms with Gasteiger partial charge in [0.2, 0.25) is 0 Å². The molecule has 5 heteroatoms. The maximum Gasteiger partial charge on any atom is 0.264 e. The number of aliphatic imine (C=N–C) groups is 1. The fraction of sp³-hybridized carbons (Fsp3) is 0.385. The molecule has 0 spiro atoms. The molecule has 2 heterocycles. The van der Waals surface area contributed by atoms with Gasteiger partial charge in [-0.05, 0) is 117 Å². The van der Waals surface area contributed by atoms with Crippen LogP contribution in [0.15, 0.2) is 40.2 Å². The van der Waals surface area contributed by atoms with Gasteiger partial charge in [-0.2, -0.15) is 0 Å². The van der Waals surface area contributed by atoms with E-state index in [9.17, 15) is 4.79 Å². The average Bonchev–Trinajstić information content (AvgIpc) is 2.99. The maximum absolute atomic E-state index is 12.6. The van der Waals surface area contributed by atoms with E-state index in [1.807, 2.05) is 18.2 Å². The molecule has 1 atom stereocenters. The lowest BCUT2D eigenvalue weighted by molar-refractivity contribution is -0.115. The molecule has 0 aromatic heterocycles. The van der Waals surface area contributed by atoms with Gasteiger partial charge in [-0.1, -0.05) is 13.0 Å². The van der Waals surface area contributed by atoms with E-state index in [1.165, 1.54) is 28.6 Å². The molecule has 4 rings (SSSR count). The molecule has 1 amide bonds. The van der Waals surface area contributed by atoms with E-state index in [0.29, 0.717) is 16.0 Å². The summed E-state index contributed by atoms with van der Waals surface area (Å²) in [5.41, 5.74) is 8.26. The summed E-state index contributed by atoms with van der Waals surface area (Å²) in [5, 5.41) is 3.55. The van der Waals surface area contributed by atoms with Crippen molar-refractivity contribution in [3.05, 3.63) is 63.1 Å². The highest BCUT2D eigenvalue weighted by atomic mass is 32.2. The lowest BCUT2D eigenvalue weighted by atomic mass is 9.79. The second-order valence-corrected chi connectivity index (χ2v) is 10.6. The molecule has 2 aliphatic rings. The maximum atomic E-state index is 12.6. The van der Waals surface area contributed by atoms with Crippen LogP contribution in [0, 0.1) is 20.8 Å². The fourth-order valence-corrected chi connectivity index (χ4v) is 5.48. The van der Waals surface area contributed by atoms with E-state index in [1.54, 1.807) is 0 Å². The minimum Gasteiger partial charge on any atom is -0.369 e. The summed E-state index contributed by atoms with van der Waals surface area (Å²) in [6, 6.07) is 10.7. The molecular formula is C26H31N3OS. The highest BCUT2D eigenvalue weighted by molar-refractivity contribution is 8.18. The smallest absolute Gasteiger partial charge is 0.264 e. The average molecular weight is 434 g/mol. The second kappa shape index (κ2) is 7.86. The number of fused-ring (bicyclic) bond motifs is 1. The number of rotatable bonds is 2. The largest absolute Gasteiger partial charge is 0.369 e. The number of thioether (sulfide) groups is 1. The number of aryl methyl sites for hydroxylation is 3. The number of nitrogens with zero attached hydrogens (tertiary/aromatic N) is 2. The SMILES string of the molecule is Cc1cc(C)cc(N=C2NC(=O)/C(=C\c3cc4c(cc3C)N(C)C(C)(C)CC4C)S2)c1. The number of carbonyl (C=O) groups is 1. The van der Waals surface area contributed by atoms with Gasteiger partial charge in [-0.15, -0.1) is 0 Å². The fourth-order valence-electron chi connectivity index (χ4n) is 4.64. The van der Waals surface area contributed by atoms with Gasteiger partial charge in [0.25, 0.3) is 5.91 Å². The van der Waals surface area contributed by atoms with Crippen molar-refractivity contribution in [1.82, 2.24) is 5.32 Å². The van der Waals surface area contributed by atoms with E-state index < -0.39 is 0 Å². The van der Waals surface area contributed by atoms with E-state index >= 15 is 0 Å². The Morgan fingerprint density at radius 1 is 1.13 bits per heavy atom. The molecule has 0 aliphatic carbocycles. The molecular weight excluding hydrogens is 402 g/mol. The highest BCUT2D eigenvalue weighted by Gasteiger charge is 2.34. The summed E-state index contributed by atoms with van der Waals surface area (Å²) in [4.78, 5) is 20.3. The van der Waals surface area contributed by atoms with Gasteiger partial charge in [-0.25, -0.2) is 4.99 Å². The van der Waals surface area contributed by atoms with Crippen LogP contribution in [0.2, 0.25) is 0 Å². The molecule has 4 nitrogen and oxygen atoms in total. The molecule has 162 valence electrons. The topological polar surface area (TPSA) is 44.7 Å². The van der Waals surface area contributed by atoms with Crippen molar-refractivity contribution in [2.24, 2.45) is 4.99 Å². The van der Waals surface area contributed by atoms with Crippen LogP contribution in [0.4, 0.5) is 11.4 Å². The molecule has 2 aromatic rings.